The van der Waals surface area contributed by atoms with Gasteiger partial charge in [0.25, 0.3) is 0 Å². The molecule has 0 bridgehead atoms. The number of rotatable bonds is 1. The summed E-state index contributed by atoms with van der Waals surface area (Å²) in [6.45, 7) is 11.1. The Bertz CT molecular complexity index is 259. The van der Waals surface area contributed by atoms with E-state index < -0.39 is 0 Å². The van der Waals surface area contributed by atoms with Gasteiger partial charge in [-0.05, 0) is 62.0 Å². The van der Waals surface area contributed by atoms with Crippen molar-refractivity contribution >= 4 is 0 Å². The summed E-state index contributed by atoms with van der Waals surface area (Å²) in [5, 5.41) is 0. The van der Waals surface area contributed by atoms with E-state index in [1.807, 2.05) is 0 Å². The van der Waals surface area contributed by atoms with E-state index in [2.05, 4.69) is 40.7 Å². The Morgan fingerprint density at radius 3 is 1.58 bits per heavy atom. The molecule has 12 heavy (non-hydrogen) atoms. The molecule has 0 aromatic carbocycles. The second-order valence-corrected chi connectivity index (χ2v) is 3.53. The van der Waals surface area contributed by atoms with Gasteiger partial charge in [0.2, 0.25) is 0 Å². The van der Waals surface area contributed by atoms with Crippen LogP contribution in [0.2, 0.25) is 0 Å². The second-order valence-electron chi connectivity index (χ2n) is 3.53. The Labute approximate surface area is 75.7 Å². The minimum absolute atomic E-state index is 1.13. The van der Waals surface area contributed by atoms with Gasteiger partial charge in [0.15, 0.2) is 0 Å². The van der Waals surface area contributed by atoms with Crippen LogP contribution < -0.4 is 0 Å². The van der Waals surface area contributed by atoms with Gasteiger partial charge in [-0.2, -0.15) is 0 Å². The molecule has 0 amide bonds. The summed E-state index contributed by atoms with van der Waals surface area (Å²) in [4.78, 5) is 0. The van der Waals surface area contributed by atoms with E-state index in [9.17, 15) is 0 Å². The molecular weight excluding hydrogens is 144 g/mol. The fourth-order valence-corrected chi connectivity index (χ4v) is 1.76. The van der Waals surface area contributed by atoms with Crippen molar-refractivity contribution in [3.63, 3.8) is 0 Å². The summed E-state index contributed by atoms with van der Waals surface area (Å²) in [5.41, 5.74) is 7.32. The van der Waals surface area contributed by atoms with E-state index in [0.29, 0.717) is 0 Å². The Kier molecular flexibility index (Phi) is 2.56. The highest BCUT2D eigenvalue weighted by Gasteiger charge is 2.16. The molecule has 0 saturated heterocycles. The molecule has 1 aliphatic rings. The number of allylic oxidation sites excluding steroid dienone is 6. The molecule has 0 heterocycles. The van der Waals surface area contributed by atoms with Crippen molar-refractivity contribution in [3.05, 3.63) is 33.9 Å². The van der Waals surface area contributed by atoms with Gasteiger partial charge in [-0.25, -0.2) is 0 Å². The maximum Gasteiger partial charge on any atom is -0.0233 e. The highest BCUT2D eigenvalue weighted by Crippen LogP contribution is 2.35. The lowest BCUT2D eigenvalue weighted by Gasteiger charge is -2.01. The van der Waals surface area contributed by atoms with Crippen molar-refractivity contribution in [1.82, 2.24) is 0 Å². The molecule has 0 heteroatoms. The quantitative estimate of drug-likeness (QED) is 0.546. The normalized spacial score (nSPS) is 17.9. The predicted octanol–water partition coefficient (Wildman–Crippen LogP) is 4.01. The first-order valence-corrected chi connectivity index (χ1v) is 4.65. The first kappa shape index (κ1) is 9.31. The molecule has 0 fully saturated rings. The topological polar surface area (TPSA) is 0 Å². The van der Waals surface area contributed by atoms with Crippen LogP contribution in [0.25, 0.3) is 0 Å². The van der Waals surface area contributed by atoms with Crippen molar-refractivity contribution in [2.75, 3.05) is 0 Å². The minimum Gasteiger partial charge on any atom is -0.0770 e. The maximum absolute atomic E-state index is 2.32. The van der Waals surface area contributed by atoms with E-state index in [-0.39, 0.29) is 0 Å². The predicted molar refractivity (Wildman–Crippen MR) is 55.1 cm³/mol. The fraction of sp³-hybridized carbons (Fsp3) is 0.500. The number of hydrogen-bond donors (Lipinski definition) is 0. The third kappa shape index (κ3) is 1.26. The van der Waals surface area contributed by atoms with E-state index >= 15 is 0 Å². The van der Waals surface area contributed by atoms with E-state index in [1.54, 1.807) is 0 Å². The smallest absolute Gasteiger partial charge is 0.0233 e. The molecule has 0 atom stereocenters. The molecule has 0 aromatic heterocycles. The zero-order valence-corrected chi connectivity index (χ0v) is 8.78. The molecule has 0 radical (unpaired) electrons. The lowest BCUT2D eigenvalue weighted by molar-refractivity contribution is 1.18. The van der Waals surface area contributed by atoms with Crippen LogP contribution in [-0.2, 0) is 0 Å². The molecule has 1 rings (SSSR count). The third-order valence-corrected chi connectivity index (χ3v) is 2.90. The SMILES string of the molecule is CCC=C1C(C)=C(C)C(C)=C1C. The van der Waals surface area contributed by atoms with Gasteiger partial charge in [0.1, 0.15) is 0 Å². The largest absolute Gasteiger partial charge is 0.0770 e. The summed E-state index contributed by atoms with van der Waals surface area (Å²) >= 11 is 0. The Morgan fingerprint density at radius 2 is 1.25 bits per heavy atom. The van der Waals surface area contributed by atoms with Crippen LogP contribution in [0.5, 0.6) is 0 Å². The second kappa shape index (κ2) is 3.30. The van der Waals surface area contributed by atoms with Crippen molar-refractivity contribution in [2.24, 2.45) is 0 Å². The van der Waals surface area contributed by atoms with Gasteiger partial charge in [-0.3, -0.25) is 0 Å². The molecule has 0 N–H and O–H groups in total. The van der Waals surface area contributed by atoms with Crippen LogP contribution in [0.4, 0.5) is 0 Å². The summed E-state index contributed by atoms with van der Waals surface area (Å²) < 4.78 is 0. The summed E-state index contributed by atoms with van der Waals surface area (Å²) in [6.07, 6.45) is 3.45. The third-order valence-electron chi connectivity index (χ3n) is 2.90. The van der Waals surface area contributed by atoms with Crippen LogP contribution in [-0.4, -0.2) is 0 Å². The molecule has 0 unspecified atom stereocenters. The molecule has 0 spiro atoms. The summed E-state index contributed by atoms with van der Waals surface area (Å²) in [5.74, 6) is 0. The van der Waals surface area contributed by atoms with Gasteiger partial charge in [-0.1, -0.05) is 13.0 Å². The van der Waals surface area contributed by atoms with Crippen LogP contribution in [0, 0.1) is 0 Å². The zero-order chi connectivity index (χ0) is 9.30. The van der Waals surface area contributed by atoms with Crippen molar-refractivity contribution < 1.29 is 0 Å². The molecule has 1 aliphatic carbocycles. The van der Waals surface area contributed by atoms with Gasteiger partial charge in [0, 0.05) is 0 Å². The van der Waals surface area contributed by atoms with Crippen LogP contribution in [0.15, 0.2) is 33.9 Å². The van der Waals surface area contributed by atoms with Gasteiger partial charge in [-0.15, -0.1) is 0 Å². The van der Waals surface area contributed by atoms with E-state index in [1.165, 1.54) is 27.9 Å². The molecule has 0 saturated carbocycles. The molecule has 0 aromatic rings. The van der Waals surface area contributed by atoms with Crippen LogP contribution >= 0.6 is 0 Å². The first-order valence-electron chi connectivity index (χ1n) is 4.65. The average molecular weight is 162 g/mol. The minimum atomic E-state index is 1.13. The van der Waals surface area contributed by atoms with Crippen LogP contribution in [0.1, 0.15) is 41.0 Å². The lowest BCUT2D eigenvalue weighted by atomic mass is 10.0. The molecule has 0 aliphatic heterocycles. The van der Waals surface area contributed by atoms with Gasteiger partial charge < -0.3 is 0 Å². The highest BCUT2D eigenvalue weighted by molar-refractivity contribution is 5.61. The van der Waals surface area contributed by atoms with E-state index in [4.69, 9.17) is 0 Å². The number of hydrogen-bond acceptors (Lipinski definition) is 0. The molecule has 0 nitrogen and oxygen atoms in total. The Balaban J connectivity index is 3.17. The maximum atomic E-state index is 2.32. The van der Waals surface area contributed by atoms with Crippen molar-refractivity contribution in [2.45, 2.75) is 41.0 Å². The van der Waals surface area contributed by atoms with Gasteiger partial charge in [0.05, 0.1) is 0 Å². The lowest BCUT2D eigenvalue weighted by Crippen LogP contribution is -1.82. The fourth-order valence-electron chi connectivity index (χ4n) is 1.76. The Hall–Kier alpha value is -0.780. The van der Waals surface area contributed by atoms with Crippen LogP contribution in [0.3, 0.4) is 0 Å². The molecule has 66 valence electrons. The van der Waals surface area contributed by atoms with E-state index in [0.717, 1.165) is 6.42 Å². The summed E-state index contributed by atoms with van der Waals surface area (Å²) in [6, 6.07) is 0. The standard InChI is InChI=1S/C12H18/c1-6-7-12-10(4)8(2)9(3)11(12)5/h7H,6H2,1-5H3. The Morgan fingerprint density at radius 1 is 0.833 bits per heavy atom. The van der Waals surface area contributed by atoms with Crippen molar-refractivity contribution in [3.8, 4) is 0 Å². The van der Waals surface area contributed by atoms with Crippen molar-refractivity contribution in [1.29, 1.82) is 0 Å². The highest BCUT2D eigenvalue weighted by atomic mass is 14.2. The summed E-state index contributed by atoms with van der Waals surface area (Å²) in [7, 11) is 0. The first-order chi connectivity index (χ1) is 5.59. The average Bonchev–Trinajstić information content (AvgIpc) is 2.23. The monoisotopic (exact) mass is 162 g/mol. The molecular formula is C12H18. The zero-order valence-electron chi connectivity index (χ0n) is 8.78. The van der Waals surface area contributed by atoms with Gasteiger partial charge >= 0.3 is 0 Å².